The highest BCUT2D eigenvalue weighted by molar-refractivity contribution is 5.53. The van der Waals surface area contributed by atoms with Gasteiger partial charge in [0.25, 0.3) is 0 Å². The molecular weight excluding hydrogens is 247 g/mol. The van der Waals surface area contributed by atoms with E-state index in [-0.39, 0.29) is 11.8 Å². The van der Waals surface area contributed by atoms with Crippen molar-refractivity contribution in [3.63, 3.8) is 0 Å². The van der Waals surface area contributed by atoms with E-state index in [1.165, 1.54) is 18.9 Å². The average molecular weight is 262 g/mol. The summed E-state index contributed by atoms with van der Waals surface area (Å²) in [7, 11) is 0. The predicted octanol–water partition coefficient (Wildman–Crippen LogP) is 2.51. The van der Waals surface area contributed by atoms with Crippen LogP contribution < -0.4 is 10.6 Å². The topological polar surface area (TPSA) is 63.0 Å². The second-order valence-electron chi connectivity index (χ2n) is 4.76. The first-order valence-electron chi connectivity index (χ1n) is 6.29. The summed E-state index contributed by atoms with van der Waals surface area (Å²) in [4.78, 5) is 0. The molecule has 6 heteroatoms. The van der Waals surface area contributed by atoms with Crippen molar-refractivity contribution in [1.29, 1.82) is 0 Å². The standard InChI is InChI=1S/C13H15FN4O/c1-8-2-5-11(10(14)6-8)16-13-18-17-12(19-13)7-15-9-3-4-9/h2,5-6,9,15H,3-4,7H2,1H3,(H,16,18). The van der Waals surface area contributed by atoms with E-state index in [1.807, 2.05) is 13.0 Å². The van der Waals surface area contributed by atoms with Crippen LogP contribution in [0.15, 0.2) is 22.6 Å². The number of nitrogens with zero attached hydrogens (tertiary/aromatic N) is 2. The first-order chi connectivity index (χ1) is 9.20. The molecule has 0 bridgehead atoms. The summed E-state index contributed by atoms with van der Waals surface area (Å²) in [5, 5.41) is 13.8. The highest BCUT2D eigenvalue weighted by atomic mass is 19.1. The Kier molecular flexibility index (Phi) is 3.16. The van der Waals surface area contributed by atoms with E-state index >= 15 is 0 Å². The maximum atomic E-state index is 13.6. The van der Waals surface area contributed by atoms with Gasteiger partial charge in [0.1, 0.15) is 5.82 Å². The van der Waals surface area contributed by atoms with Crippen molar-refractivity contribution in [2.45, 2.75) is 32.4 Å². The normalized spacial score (nSPS) is 14.6. The van der Waals surface area contributed by atoms with E-state index in [0.29, 0.717) is 24.2 Å². The molecule has 0 aliphatic heterocycles. The molecule has 2 aromatic rings. The molecule has 1 aliphatic rings. The molecule has 0 radical (unpaired) electrons. The lowest BCUT2D eigenvalue weighted by Gasteiger charge is -2.03. The van der Waals surface area contributed by atoms with Gasteiger partial charge in [0, 0.05) is 6.04 Å². The van der Waals surface area contributed by atoms with Crippen LogP contribution in [0.25, 0.3) is 0 Å². The molecule has 100 valence electrons. The Bertz CT molecular complexity index is 580. The minimum absolute atomic E-state index is 0.204. The molecular formula is C13H15FN4O. The number of halogens is 1. The van der Waals surface area contributed by atoms with E-state index in [1.54, 1.807) is 6.07 Å². The number of rotatable bonds is 5. The van der Waals surface area contributed by atoms with E-state index in [4.69, 9.17) is 4.42 Å². The lowest BCUT2D eigenvalue weighted by molar-refractivity contribution is 0.478. The lowest BCUT2D eigenvalue weighted by atomic mass is 10.2. The summed E-state index contributed by atoms with van der Waals surface area (Å²) < 4.78 is 19.0. The van der Waals surface area contributed by atoms with Crippen molar-refractivity contribution in [3.8, 4) is 0 Å². The van der Waals surface area contributed by atoms with Gasteiger partial charge >= 0.3 is 6.01 Å². The van der Waals surface area contributed by atoms with Crippen molar-refractivity contribution in [1.82, 2.24) is 15.5 Å². The number of aryl methyl sites for hydroxylation is 1. The van der Waals surface area contributed by atoms with Gasteiger partial charge in [-0.2, -0.15) is 0 Å². The van der Waals surface area contributed by atoms with Crippen LogP contribution in [-0.4, -0.2) is 16.2 Å². The predicted molar refractivity (Wildman–Crippen MR) is 68.6 cm³/mol. The minimum Gasteiger partial charge on any atom is -0.406 e. The van der Waals surface area contributed by atoms with Gasteiger partial charge in [-0.15, -0.1) is 5.10 Å². The van der Waals surface area contributed by atoms with Gasteiger partial charge in [-0.3, -0.25) is 0 Å². The van der Waals surface area contributed by atoms with Gasteiger partial charge in [0.2, 0.25) is 5.89 Å². The van der Waals surface area contributed by atoms with Crippen LogP contribution in [0, 0.1) is 12.7 Å². The van der Waals surface area contributed by atoms with E-state index in [9.17, 15) is 4.39 Å². The highest BCUT2D eigenvalue weighted by Crippen LogP contribution is 2.21. The van der Waals surface area contributed by atoms with Crippen molar-refractivity contribution in [3.05, 3.63) is 35.5 Å². The number of benzene rings is 1. The third-order valence-corrected chi connectivity index (χ3v) is 2.95. The number of aromatic nitrogens is 2. The highest BCUT2D eigenvalue weighted by Gasteiger charge is 2.21. The van der Waals surface area contributed by atoms with E-state index in [0.717, 1.165) is 5.56 Å². The van der Waals surface area contributed by atoms with Gasteiger partial charge in [-0.05, 0) is 37.5 Å². The fourth-order valence-corrected chi connectivity index (χ4v) is 1.73. The Labute approximate surface area is 110 Å². The number of hydrogen-bond acceptors (Lipinski definition) is 5. The van der Waals surface area contributed by atoms with Gasteiger partial charge in [-0.25, -0.2) is 4.39 Å². The molecule has 1 saturated carbocycles. The van der Waals surface area contributed by atoms with Crippen LogP contribution in [0.1, 0.15) is 24.3 Å². The molecule has 3 rings (SSSR count). The lowest BCUT2D eigenvalue weighted by Crippen LogP contribution is -2.15. The third-order valence-electron chi connectivity index (χ3n) is 2.95. The van der Waals surface area contributed by atoms with Crippen molar-refractivity contribution in [2.24, 2.45) is 0 Å². The summed E-state index contributed by atoms with van der Waals surface area (Å²) in [5.74, 6) is 0.165. The SMILES string of the molecule is Cc1ccc(Nc2nnc(CNC3CC3)o2)c(F)c1. The van der Waals surface area contributed by atoms with Crippen LogP contribution in [0.4, 0.5) is 16.1 Å². The molecule has 1 fully saturated rings. The summed E-state index contributed by atoms with van der Waals surface area (Å²) >= 11 is 0. The maximum Gasteiger partial charge on any atom is 0.320 e. The molecule has 1 aromatic heterocycles. The molecule has 0 saturated heterocycles. The van der Waals surface area contributed by atoms with Crippen molar-refractivity contribution in [2.75, 3.05) is 5.32 Å². The largest absolute Gasteiger partial charge is 0.406 e. The molecule has 2 N–H and O–H groups in total. The van der Waals surface area contributed by atoms with E-state index < -0.39 is 0 Å². The van der Waals surface area contributed by atoms with Gasteiger partial charge in [-0.1, -0.05) is 11.2 Å². The fraction of sp³-hybridized carbons (Fsp3) is 0.385. The second kappa shape index (κ2) is 4.97. The molecule has 0 amide bonds. The molecule has 19 heavy (non-hydrogen) atoms. The Morgan fingerprint density at radius 1 is 1.37 bits per heavy atom. The van der Waals surface area contributed by atoms with Crippen LogP contribution in [0.3, 0.4) is 0 Å². The zero-order valence-corrected chi connectivity index (χ0v) is 10.6. The Balaban J connectivity index is 1.65. The van der Waals surface area contributed by atoms with Crippen LogP contribution in [0.2, 0.25) is 0 Å². The number of nitrogens with one attached hydrogen (secondary N) is 2. The monoisotopic (exact) mass is 262 g/mol. The average Bonchev–Trinajstić information content (AvgIpc) is 3.10. The molecule has 5 nitrogen and oxygen atoms in total. The van der Waals surface area contributed by atoms with Crippen molar-refractivity contribution < 1.29 is 8.81 Å². The molecule has 1 aliphatic carbocycles. The van der Waals surface area contributed by atoms with Crippen molar-refractivity contribution >= 4 is 11.7 Å². The molecule has 1 heterocycles. The second-order valence-corrected chi connectivity index (χ2v) is 4.76. The summed E-state index contributed by atoms with van der Waals surface area (Å²) in [6.45, 7) is 2.39. The Morgan fingerprint density at radius 2 is 2.21 bits per heavy atom. The molecule has 0 spiro atoms. The van der Waals surface area contributed by atoms with Gasteiger partial charge in [0.15, 0.2) is 0 Å². The summed E-state index contributed by atoms with van der Waals surface area (Å²) in [5.41, 5.74) is 1.19. The van der Waals surface area contributed by atoms with Crippen LogP contribution in [0.5, 0.6) is 0 Å². The van der Waals surface area contributed by atoms with Crippen LogP contribution >= 0.6 is 0 Å². The third kappa shape index (κ3) is 3.08. The summed E-state index contributed by atoms with van der Waals surface area (Å²) in [6.07, 6.45) is 2.40. The Hall–Kier alpha value is -1.95. The minimum atomic E-state index is -0.337. The molecule has 0 atom stereocenters. The zero-order valence-electron chi connectivity index (χ0n) is 10.6. The number of hydrogen-bond donors (Lipinski definition) is 2. The maximum absolute atomic E-state index is 13.6. The van der Waals surface area contributed by atoms with Gasteiger partial charge < -0.3 is 15.1 Å². The van der Waals surface area contributed by atoms with Crippen LogP contribution in [-0.2, 0) is 6.54 Å². The molecule has 1 aromatic carbocycles. The number of anilines is 2. The molecule has 0 unspecified atom stereocenters. The zero-order chi connectivity index (χ0) is 13.2. The Morgan fingerprint density at radius 3 is 2.95 bits per heavy atom. The smallest absolute Gasteiger partial charge is 0.320 e. The fourth-order valence-electron chi connectivity index (χ4n) is 1.73. The summed E-state index contributed by atoms with van der Waals surface area (Å²) in [6, 6.07) is 5.70. The quantitative estimate of drug-likeness (QED) is 0.867. The van der Waals surface area contributed by atoms with E-state index in [2.05, 4.69) is 20.8 Å². The first kappa shape index (κ1) is 12.1. The first-order valence-corrected chi connectivity index (χ1v) is 6.29. The van der Waals surface area contributed by atoms with Gasteiger partial charge in [0.05, 0.1) is 12.2 Å².